The Morgan fingerprint density at radius 3 is 2.43 bits per heavy atom. The third-order valence-corrected chi connectivity index (χ3v) is 6.43. The number of carbonyl (C=O) groups excluding carboxylic acids is 3. The van der Waals surface area contributed by atoms with Gasteiger partial charge in [0.25, 0.3) is 5.91 Å². The van der Waals surface area contributed by atoms with Crippen molar-refractivity contribution in [3.05, 3.63) is 54.1 Å². The van der Waals surface area contributed by atoms with Crippen LogP contribution in [0.3, 0.4) is 0 Å². The molecule has 30 heavy (non-hydrogen) atoms. The molecule has 1 heterocycles. The molecule has 2 aromatic rings. The molecule has 3 rings (SSSR count). The number of ether oxygens (including phenoxy) is 1. The zero-order chi connectivity index (χ0) is 21.3. The van der Waals surface area contributed by atoms with Gasteiger partial charge in [-0.3, -0.25) is 9.59 Å². The van der Waals surface area contributed by atoms with Crippen LogP contribution in [0, 0.1) is 0 Å². The summed E-state index contributed by atoms with van der Waals surface area (Å²) in [5.74, 6) is -0.640. The molecule has 158 valence electrons. The Labute approximate surface area is 184 Å². The van der Waals surface area contributed by atoms with Crippen molar-refractivity contribution < 1.29 is 19.1 Å². The summed E-state index contributed by atoms with van der Waals surface area (Å²) in [6.45, 7) is 1.23. The lowest BCUT2D eigenvalue weighted by Gasteiger charge is -2.15. The fourth-order valence-corrected chi connectivity index (χ4v) is 4.39. The van der Waals surface area contributed by atoms with E-state index in [1.54, 1.807) is 42.1 Å². The topological polar surface area (TPSA) is 75.7 Å². The lowest BCUT2D eigenvalue weighted by molar-refractivity contribution is -0.127. The van der Waals surface area contributed by atoms with Crippen molar-refractivity contribution in [3.63, 3.8) is 0 Å². The number of amides is 2. The van der Waals surface area contributed by atoms with Crippen molar-refractivity contribution in [1.82, 2.24) is 4.90 Å². The molecular weight excluding hydrogens is 420 g/mol. The maximum Gasteiger partial charge on any atom is 0.339 e. The number of likely N-dealkylation sites (tertiary alicyclic amines) is 1. The summed E-state index contributed by atoms with van der Waals surface area (Å²) >= 11 is 2.93. The first-order valence-corrected chi connectivity index (χ1v) is 11.9. The van der Waals surface area contributed by atoms with Crippen LogP contribution in [0.4, 0.5) is 5.69 Å². The Morgan fingerprint density at radius 2 is 1.73 bits per heavy atom. The summed E-state index contributed by atoms with van der Waals surface area (Å²) in [5.41, 5.74) is 0.999. The quantitative estimate of drug-likeness (QED) is 0.491. The molecule has 0 spiro atoms. The van der Waals surface area contributed by atoms with E-state index in [4.69, 9.17) is 4.74 Å². The fourth-order valence-electron chi connectivity index (χ4n) is 3.04. The van der Waals surface area contributed by atoms with E-state index in [1.807, 2.05) is 29.4 Å². The predicted molar refractivity (Wildman–Crippen MR) is 120 cm³/mol. The van der Waals surface area contributed by atoms with E-state index < -0.39 is 11.9 Å². The molecule has 1 aliphatic rings. The molecule has 1 saturated heterocycles. The minimum absolute atomic E-state index is 0.0764. The van der Waals surface area contributed by atoms with E-state index >= 15 is 0 Å². The summed E-state index contributed by atoms with van der Waals surface area (Å²) in [6.07, 6.45) is 4.07. The van der Waals surface area contributed by atoms with Crippen molar-refractivity contribution in [2.24, 2.45) is 0 Å². The maximum absolute atomic E-state index is 12.5. The first kappa shape index (κ1) is 22.2. The van der Waals surface area contributed by atoms with Crippen LogP contribution in [-0.4, -0.2) is 54.4 Å². The van der Waals surface area contributed by atoms with E-state index in [0.29, 0.717) is 16.1 Å². The molecule has 6 nitrogen and oxygen atoms in total. The zero-order valence-corrected chi connectivity index (χ0v) is 18.4. The van der Waals surface area contributed by atoms with E-state index in [2.05, 4.69) is 5.32 Å². The normalized spacial score (nSPS) is 13.2. The van der Waals surface area contributed by atoms with E-state index in [9.17, 15) is 14.4 Å². The van der Waals surface area contributed by atoms with Gasteiger partial charge in [-0.2, -0.15) is 0 Å². The number of hydrogen-bond donors (Lipinski definition) is 1. The third-order valence-electron chi connectivity index (χ3n) is 4.63. The molecule has 2 aromatic carbocycles. The van der Waals surface area contributed by atoms with Gasteiger partial charge in [0.15, 0.2) is 6.61 Å². The number of rotatable bonds is 8. The van der Waals surface area contributed by atoms with E-state index in [-0.39, 0.29) is 18.3 Å². The maximum atomic E-state index is 12.5. The van der Waals surface area contributed by atoms with Gasteiger partial charge >= 0.3 is 5.97 Å². The molecule has 0 aliphatic carbocycles. The Morgan fingerprint density at radius 1 is 1.03 bits per heavy atom. The van der Waals surface area contributed by atoms with Gasteiger partial charge in [-0.15, -0.1) is 23.5 Å². The van der Waals surface area contributed by atoms with Gasteiger partial charge in [-0.05, 0) is 55.5 Å². The molecule has 0 aromatic heterocycles. The predicted octanol–water partition coefficient (Wildman–Crippen LogP) is 3.92. The van der Waals surface area contributed by atoms with Gasteiger partial charge in [0.2, 0.25) is 5.91 Å². The second-order valence-corrected chi connectivity index (χ2v) is 8.62. The molecule has 0 unspecified atom stereocenters. The minimum Gasteiger partial charge on any atom is -0.452 e. The molecular formula is C22H24N2O4S2. The Kier molecular flexibility index (Phi) is 8.21. The molecule has 0 saturated carbocycles. The highest BCUT2D eigenvalue weighted by Crippen LogP contribution is 2.24. The number of nitrogens with zero attached hydrogens (tertiary/aromatic N) is 1. The molecule has 0 radical (unpaired) electrons. The summed E-state index contributed by atoms with van der Waals surface area (Å²) < 4.78 is 5.19. The monoisotopic (exact) mass is 444 g/mol. The summed E-state index contributed by atoms with van der Waals surface area (Å²) in [6, 6.07) is 14.4. The van der Waals surface area contributed by atoms with Crippen LogP contribution in [0.5, 0.6) is 0 Å². The minimum atomic E-state index is -0.584. The van der Waals surface area contributed by atoms with Crippen molar-refractivity contribution in [1.29, 1.82) is 0 Å². The van der Waals surface area contributed by atoms with Gasteiger partial charge in [0.1, 0.15) is 0 Å². The van der Waals surface area contributed by atoms with Crippen LogP contribution in [0.25, 0.3) is 0 Å². The molecule has 2 amide bonds. The van der Waals surface area contributed by atoms with Gasteiger partial charge < -0.3 is 15.0 Å². The zero-order valence-electron chi connectivity index (χ0n) is 16.8. The van der Waals surface area contributed by atoms with Crippen LogP contribution in [-0.2, 0) is 14.3 Å². The highest BCUT2D eigenvalue weighted by Gasteiger charge is 2.20. The molecule has 1 N–H and O–H groups in total. The van der Waals surface area contributed by atoms with Crippen LogP contribution >= 0.6 is 23.5 Å². The summed E-state index contributed by atoms with van der Waals surface area (Å²) in [4.78, 5) is 40.5. The number of nitrogens with one attached hydrogen (secondary N) is 1. The largest absolute Gasteiger partial charge is 0.452 e. The van der Waals surface area contributed by atoms with Crippen molar-refractivity contribution in [3.8, 4) is 0 Å². The number of carbonyl (C=O) groups is 3. The number of anilines is 1. The second kappa shape index (κ2) is 11.1. The van der Waals surface area contributed by atoms with E-state index in [0.717, 1.165) is 30.8 Å². The Balaban J connectivity index is 1.51. The standard InChI is InChI=1S/C22H24N2O4S2/c1-29-17-10-8-16(9-11-17)23-20(25)14-28-22(27)18-6-2-3-7-19(18)30-15-21(26)24-12-4-5-13-24/h2-3,6-11H,4-5,12-15H2,1H3,(H,23,25). The number of benzene rings is 2. The number of hydrogen-bond acceptors (Lipinski definition) is 6. The highest BCUT2D eigenvalue weighted by molar-refractivity contribution is 8.00. The van der Waals surface area contributed by atoms with Crippen molar-refractivity contribution in [2.45, 2.75) is 22.6 Å². The first-order chi connectivity index (χ1) is 14.6. The van der Waals surface area contributed by atoms with Gasteiger partial charge in [-0.1, -0.05) is 12.1 Å². The van der Waals surface area contributed by atoms with Crippen LogP contribution < -0.4 is 5.32 Å². The van der Waals surface area contributed by atoms with Crippen LogP contribution in [0.15, 0.2) is 58.3 Å². The lowest BCUT2D eigenvalue weighted by Crippen LogP contribution is -2.29. The highest BCUT2D eigenvalue weighted by atomic mass is 32.2. The molecule has 1 aliphatic heterocycles. The summed E-state index contributed by atoms with van der Waals surface area (Å²) in [5, 5.41) is 2.71. The third kappa shape index (κ3) is 6.27. The SMILES string of the molecule is CSc1ccc(NC(=O)COC(=O)c2ccccc2SCC(=O)N2CCCC2)cc1. The Hall–Kier alpha value is -2.45. The second-order valence-electron chi connectivity index (χ2n) is 6.73. The fraction of sp³-hybridized carbons (Fsp3) is 0.318. The van der Waals surface area contributed by atoms with E-state index in [1.165, 1.54) is 11.8 Å². The molecule has 1 fully saturated rings. The smallest absolute Gasteiger partial charge is 0.339 e. The molecule has 8 heteroatoms. The lowest BCUT2D eigenvalue weighted by atomic mass is 10.2. The van der Waals surface area contributed by atoms with Gasteiger partial charge in [0.05, 0.1) is 11.3 Å². The van der Waals surface area contributed by atoms with Crippen molar-refractivity contribution >= 4 is 47.0 Å². The summed E-state index contributed by atoms with van der Waals surface area (Å²) in [7, 11) is 0. The van der Waals surface area contributed by atoms with Crippen molar-refractivity contribution in [2.75, 3.05) is 37.0 Å². The van der Waals surface area contributed by atoms with Crippen LogP contribution in [0.2, 0.25) is 0 Å². The van der Waals surface area contributed by atoms with Gasteiger partial charge in [-0.25, -0.2) is 4.79 Å². The Bertz CT molecular complexity index is 896. The van der Waals surface area contributed by atoms with Crippen LogP contribution in [0.1, 0.15) is 23.2 Å². The number of thioether (sulfide) groups is 2. The number of esters is 1. The molecule has 0 bridgehead atoms. The molecule has 0 atom stereocenters. The average Bonchev–Trinajstić information content (AvgIpc) is 3.32. The average molecular weight is 445 g/mol. The first-order valence-electron chi connectivity index (χ1n) is 9.67. The van der Waals surface area contributed by atoms with Gasteiger partial charge in [0, 0.05) is 28.6 Å².